The third kappa shape index (κ3) is 2.71. The molecule has 0 radical (unpaired) electrons. The number of carbonyl (C=O) groups excluding carboxylic acids is 1. The summed E-state index contributed by atoms with van der Waals surface area (Å²) in [6.07, 6.45) is 8.00. The van der Waals surface area contributed by atoms with Crippen molar-refractivity contribution in [2.24, 2.45) is 5.41 Å². The fourth-order valence-electron chi connectivity index (χ4n) is 3.68. The average molecular weight is 252 g/mol. The lowest BCUT2D eigenvalue weighted by Gasteiger charge is -2.38. The van der Waals surface area contributed by atoms with E-state index in [1.807, 2.05) is 0 Å². The van der Waals surface area contributed by atoms with Gasteiger partial charge < -0.3 is 10.2 Å². The molecule has 1 aliphatic carbocycles. The van der Waals surface area contributed by atoms with Gasteiger partial charge in [-0.2, -0.15) is 0 Å². The maximum absolute atomic E-state index is 12.7. The van der Waals surface area contributed by atoms with Crippen molar-refractivity contribution in [2.45, 2.75) is 64.8 Å². The predicted octanol–water partition coefficient (Wildman–Crippen LogP) is 2.56. The van der Waals surface area contributed by atoms with Crippen LogP contribution in [0.15, 0.2) is 0 Å². The highest BCUT2D eigenvalue weighted by Crippen LogP contribution is 2.42. The van der Waals surface area contributed by atoms with Crippen LogP contribution in [-0.4, -0.2) is 36.5 Å². The maximum Gasteiger partial charge on any atom is 0.228 e. The van der Waals surface area contributed by atoms with Crippen LogP contribution in [0.1, 0.15) is 58.8 Å². The van der Waals surface area contributed by atoms with Gasteiger partial charge in [0.15, 0.2) is 0 Å². The van der Waals surface area contributed by atoms with Gasteiger partial charge in [0.05, 0.1) is 0 Å². The van der Waals surface area contributed by atoms with Gasteiger partial charge in [0.2, 0.25) is 5.91 Å². The van der Waals surface area contributed by atoms with Gasteiger partial charge in [0, 0.05) is 24.5 Å². The van der Waals surface area contributed by atoms with E-state index in [2.05, 4.69) is 24.1 Å². The Morgan fingerprint density at radius 2 is 1.83 bits per heavy atom. The number of hydrogen-bond acceptors (Lipinski definition) is 2. The summed E-state index contributed by atoms with van der Waals surface area (Å²) in [4.78, 5) is 14.9. The molecule has 1 heterocycles. The van der Waals surface area contributed by atoms with Crippen molar-refractivity contribution in [3.8, 4) is 0 Å². The topological polar surface area (TPSA) is 32.3 Å². The summed E-state index contributed by atoms with van der Waals surface area (Å²) in [5.41, 5.74) is 0.00498. The number of nitrogens with one attached hydrogen (secondary N) is 1. The molecule has 0 aromatic rings. The Bertz CT molecular complexity index is 276. The highest BCUT2D eigenvalue weighted by Gasteiger charge is 2.42. The Hall–Kier alpha value is -0.570. The Kier molecular flexibility index (Phi) is 4.66. The van der Waals surface area contributed by atoms with Gasteiger partial charge in [-0.1, -0.05) is 26.7 Å². The smallest absolute Gasteiger partial charge is 0.228 e. The normalized spacial score (nSPS) is 24.4. The summed E-state index contributed by atoms with van der Waals surface area (Å²) in [7, 11) is 0. The Balaban J connectivity index is 1.90. The zero-order chi connectivity index (χ0) is 13.0. The van der Waals surface area contributed by atoms with Crippen molar-refractivity contribution < 1.29 is 4.79 Å². The molecule has 3 heteroatoms. The summed E-state index contributed by atoms with van der Waals surface area (Å²) in [5, 5.41) is 3.50. The van der Waals surface area contributed by atoms with Gasteiger partial charge in [-0.15, -0.1) is 0 Å². The molecule has 1 aliphatic heterocycles. The molecule has 0 atom stereocenters. The van der Waals surface area contributed by atoms with Crippen molar-refractivity contribution in [3.05, 3.63) is 0 Å². The van der Waals surface area contributed by atoms with Crippen molar-refractivity contribution in [3.63, 3.8) is 0 Å². The van der Waals surface area contributed by atoms with Crippen LogP contribution in [0.4, 0.5) is 0 Å². The van der Waals surface area contributed by atoms with E-state index < -0.39 is 0 Å². The molecule has 1 saturated heterocycles. The molecule has 3 nitrogen and oxygen atoms in total. The number of nitrogens with zero attached hydrogens (tertiary/aromatic N) is 1. The first-order valence-corrected chi connectivity index (χ1v) is 7.74. The number of piperidine rings is 1. The minimum Gasteiger partial charge on any atom is -0.342 e. The van der Waals surface area contributed by atoms with Gasteiger partial charge in [-0.05, 0) is 38.6 Å². The molecule has 104 valence electrons. The van der Waals surface area contributed by atoms with Gasteiger partial charge in [-0.3, -0.25) is 4.79 Å². The number of hydrogen-bond donors (Lipinski definition) is 1. The third-order valence-electron chi connectivity index (χ3n) is 4.97. The molecule has 2 rings (SSSR count). The first-order chi connectivity index (χ1) is 8.72. The van der Waals surface area contributed by atoms with Crippen LogP contribution in [0, 0.1) is 5.41 Å². The number of carbonyl (C=O) groups is 1. The maximum atomic E-state index is 12.7. The van der Waals surface area contributed by atoms with Crippen LogP contribution in [0.25, 0.3) is 0 Å². The highest BCUT2D eigenvalue weighted by molar-refractivity contribution is 5.83. The Labute approximate surface area is 111 Å². The van der Waals surface area contributed by atoms with Crippen molar-refractivity contribution in [2.75, 3.05) is 19.6 Å². The van der Waals surface area contributed by atoms with Gasteiger partial charge >= 0.3 is 0 Å². The SMILES string of the molecule is CCNC1CCN(C(=O)C2(CC)CCCC2)CC1. The first kappa shape index (κ1) is 13.9. The Morgan fingerprint density at radius 3 is 2.33 bits per heavy atom. The highest BCUT2D eigenvalue weighted by atomic mass is 16.2. The fourth-order valence-corrected chi connectivity index (χ4v) is 3.68. The van der Waals surface area contributed by atoms with E-state index in [1.54, 1.807) is 0 Å². The summed E-state index contributed by atoms with van der Waals surface area (Å²) in [6.45, 7) is 7.30. The average Bonchev–Trinajstić information content (AvgIpc) is 2.89. The third-order valence-corrected chi connectivity index (χ3v) is 4.97. The van der Waals surface area contributed by atoms with Gasteiger partial charge in [0.25, 0.3) is 0 Å². The molecule has 0 unspecified atom stereocenters. The molecule has 1 saturated carbocycles. The molecule has 2 aliphatic rings. The van der Waals surface area contributed by atoms with Crippen molar-refractivity contribution in [1.29, 1.82) is 0 Å². The van der Waals surface area contributed by atoms with Gasteiger partial charge in [-0.25, -0.2) is 0 Å². The van der Waals surface area contributed by atoms with Crippen LogP contribution in [0.2, 0.25) is 0 Å². The summed E-state index contributed by atoms with van der Waals surface area (Å²) < 4.78 is 0. The first-order valence-electron chi connectivity index (χ1n) is 7.74. The lowest BCUT2D eigenvalue weighted by Crippen LogP contribution is -2.49. The van der Waals surface area contributed by atoms with Crippen LogP contribution < -0.4 is 5.32 Å². The molecule has 1 N–H and O–H groups in total. The molecule has 0 spiro atoms. The molecule has 1 amide bonds. The molecule has 2 fully saturated rings. The zero-order valence-corrected chi connectivity index (χ0v) is 12.0. The molecule has 0 bridgehead atoms. The van der Waals surface area contributed by atoms with E-state index in [9.17, 15) is 4.79 Å². The van der Waals surface area contributed by atoms with E-state index >= 15 is 0 Å². The van der Waals surface area contributed by atoms with Gasteiger partial charge in [0.1, 0.15) is 0 Å². The van der Waals surface area contributed by atoms with E-state index in [-0.39, 0.29) is 5.41 Å². The Morgan fingerprint density at radius 1 is 1.22 bits per heavy atom. The summed E-state index contributed by atoms with van der Waals surface area (Å²) >= 11 is 0. The molecule has 0 aromatic heterocycles. The quantitative estimate of drug-likeness (QED) is 0.834. The molecule has 0 aromatic carbocycles. The lowest BCUT2D eigenvalue weighted by molar-refractivity contribution is -0.143. The molecular formula is C15H28N2O. The summed E-state index contributed by atoms with van der Waals surface area (Å²) in [6, 6.07) is 0.625. The summed E-state index contributed by atoms with van der Waals surface area (Å²) in [5.74, 6) is 0.456. The van der Waals surface area contributed by atoms with Crippen LogP contribution in [0.3, 0.4) is 0 Å². The van der Waals surface area contributed by atoms with Crippen LogP contribution >= 0.6 is 0 Å². The van der Waals surface area contributed by atoms with E-state index in [0.717, 1.165) is 51.7 Å². The largest absolute Gasteiger partial charge is 0.342 e. The number of rotatable bonds is 4. The lowest BCUT2D eigenvalue weighted by atomic mass is 9.81. The monoisotopic (exact) mass is 252 g/mol. The molecular weight excluding hydrogens is 224 g/mol. The number of likely N-dealkylation sites (tertiary alicyclic amines) is 1. The second-order valence-corrected chi connectivity index (χ2v) is 5.97. The minimum atomic E-state index is 0.00498. The standard InChI is InChI=1S/C15H28N2O/c1-3-15(9-5-6-10-15)14(18)17-11-7-13(8-12-17)16-4-2/h13,16H,3-12H2,1-2H3. The fraction of sp³-hybridized carbons (Fsp3) is 0.933. The van der Waals surface area contributed by atoms with E-state index in [0.29, 0.717) is 11.9 Å². The van der Waals surface area contributed by atoms with E-state index in [1.165, 1.54) is 12.8 Å². The minimum absolute atomic E-state index is 0.00498. The second-order valence-electron chi connectivity index (χ2n) is 5.97. The zero-order valence-electron chi connectivity index (χ0n) is 12.0. The van der Waals surface area contributed by atoms with E-state index in [4.69, 9.17) is 0 Å². The van der Waals surface area contributed by atoms with Crippen molar-refractivity contribution >= 4 is 5.91 Å². The molecule has 18 heavy (non-hydrogen) atoms. The van der Waals surface area contributed by atoms with Crippen molar-refractivity contribution in [1.82, 2.24) is 10.2 Å². The van der Waals surface area contributed by atoms with Crippen LogP contribution in [0.5, 0.6) is 0 Å². The predicted molar refractivity (Wildman–Crippen MR) is 74.5 cm³/mol. The second kappa shape index (κ2) is 6.05. The number of amides is 1. The van der Waals surface area contributed by atoms with Crippen LogP contribution in [-0.2, 0) is 4.79 Å².